The molecule has 4 rings (SSSR count). The third-order valence-corrected chi connectivity index (χ3v) is 4.83. The van der Waals surface area contributed by atoms with Gasteiger partial charge in [-0.2, -0.15) is 0 Å². The molecule has 2 aliphatic heterocycles. The highest BCUT2D eigenvalue weighted by molar-refractivity contribution is 5.97. The summed E-state index contributed by atoms with van der Waals surface area (Å²) in [4.78, 5) is 26.3. The minimum absolute atomic E-state index is 0.0918. The van der Waals surface area contributed by atoms with E-state index in [1.807, 2.05) is 42.5 Å². The van der Waals surface area contributed by atoms with E-state index in [-0.39, 0.29) is 23.7 Å². The summed E-state index contributed by atoms with van der Waals surface area (Å²) in [6, 6.07) is 17.1. The summed E-state index contributed by atoms with van der Waals surface area (Å²) in [7, 11) is 0. The maximum absolute atomic E-state index is 12.9. The highest BCUT2D eigenvalue weighted by atomic mass is 16.5. The second kappa shape index (κ2) is 6.59. The SMILES string of the molecule is O=C1OC[C@H]2CN(C(=O)c3ccccc3OCc3ccccc3)C[C@@H]12. The molecular weight excluding hydrogens is 318 g/mol. The van der Waals surface area contributed by atoms with Crippen LogP contribution in [0.1, 0.15) is 15.9 Å². The Bertz CT molecular complexity index is 789. The van der Waals surface area contributed by atoms with Gasteiger partial charge in [0.05, 0.1) is 18.1 Å². The van der Waals surface area contributed by atoms with Crippen LogP contribution in [0.5, 0.6) is 5.75 Å². The van der Waals surface area contributed by atoms with E-state index in [2.05, 4.69) is 0 Å². The Morgan fingerprint density at radius 3 is 2.64 bits per heavy atom. The number of carbonyl (C=O) groups excluding carboxylic acids is 2. The highest BCUT2D eigenvalue weighted by Crippen LogP contribution is 2.32. The normalized spacial score (nSPS) is 21.8. The third-order valence-electron chi connectivity index (χ3n) is 4.83. The van der Waals surface area contributed by atoms with Gasteiger partial charge in [-0.25, -0.2) is 0 Å². The van der Waals surface area contributed by atoms with Crippen molar-refractivity contribution >= 4 is 11.9 Å². The number of ether oxygens (including phenoxy) is 2. The van der Waals surface area contributed by atoms with Crippen LogP contribution < -0.4 is 4.74 Å². The zero-order valence-corrected chi connectivity index (χ0v) is 13.8. The Morgan fingerprint density at radius 1 is 1.08 bits per heavy atom. The average molecular weight is 337 g/mol. The fourth-order valence-electron chi connectivity index (χ4n) is 3.44. The Balaban J connectivity index is 1.49. The first-order chi connectivity index (χ1) is 12.2. The molecule has 0 radical (unpaired) electrons. The number of likely N-dealkylation sites (tertiary alicyclic amines) is 1. The lowest BCUT2D eigenvalue weighted by atomic mass is 10.0. The summed E-state index contributed by atoms with van der Waals surface area (Å²) in [6.07, 6.45) is 0. The molecule has 2 heterocycles. The Labute approximate surface area is 146 Å². The molecule has 5 nitrogen and oxygen atoms in total. The number of hydrogen-bond donors (Lipinski definition) is 0. The number of hydrogen-bond acceptors (Lipinski definition) is 4. The van der Waals surface area contributed by atoms with Gasteiger partial charge in [0.2, 0.25) is 0 Å². The number of amides is 1. The molecule has 2 aromatic rings. The molecule has 0 unspecified atom stereocenters. The molecule has 0 aromatic heterocycles. The smallest absolute Gasteiger partial charge is 0.311 e. The van der Waals surface area contributed by atoms with Crippen molar-refractivity contribution in [1.29, 1.82) is 0 Å². The van der Waals surface area contributed by atoms with Crippen LogP contribution in [-0.4, -0.2) is 36.5 Å². The summed E-state index contributed by atoms with van der Waals surface area (Å²) >= 11 is 0. The second-order valence-corrected chi connectivity index (χ2v) is 6.48. The molecule has 0 N–H and O–H groups in total. The third kappa shape index (κ3) is 3.09. The van der Waals surface area contributed by atoms with Crippen molar-refractivity contribution in [3.05, 3.63) is 65.7 Å². The summed E-state index contributed by atoms with van der Waals surface area (Å²) in [6.45, 7) is 1.81. The highest BCUT2D eigenvalue weighted by Gasteiger charge is 2.45. The maximum atomic E-state index is 12.9. The predicted octanol–water partition coefficient (Wildman–Crippen LogP) is 2.51. The van der Waals surface area contributed by atoms with E-state index >= 15 is 0 Å². The van der Waals surface area contributed by atoms with Crippen molar-refractivity contribution in [3.63, 3.8) is 0 Å². The van der Waals surface area contributed by atoms with Gasteiger partial charge in [-0.3, -0.25) is 9.59 Å². The number of esters is 1. The molecule has 0 bridgehead atoms. The molecule has 2 saturated heterocycles. The molecule has 2 atom stereocenters. The van der Waals surface area contributed by atoms with Gasteiger partial charge in [0, 0.05) is 19.0 Å². The van der Waals surface area contributed by atoms with E-state index in [0.717, 1.165) is 5.56 Å². The van der Waals surface area contributed by atoms with Crippen LogP contribution in [0.2, 0.25) is 0 Å². The zero-order valence-electron chi connectivity index (χ0n) is 13.8. The number of cyclic esters (lactones) is 1. The molecule has 0 aliphatic carbocycles. The van der Waals surface area contributed by atoms with E-state index in [9.17, 15) is 9.59 Å². The van der Waals surface area contributed by atoms with Crippen LogP contribution in [0, 0.1) is 11.8 Å². The Hall–Kier alpha value is -2.82. The molecule has 5 heteroatoms. The fourth-order valence-corrected chi connectivity index (χ4v) is 3.44. The molecule has 2 aromatic carbocycles. The Morgan fingerprint density at radius 2 is 1.84 bits per heavy atom. The lowest BCUT2D eigenvalue weighted by molar-refractivity contribution is -0.141. The summed E-state index contributed by atoms with van der Waals surface area (Å²) in [5.41, 5.74) is 1.58. The van der Waals surface area contributed by atoms with Gasteiger partial charge in [-0.05, 0) is 17.7 Å². The number of para-hydroxylation sites is 1. The quantitative estimate of drug-likeness (QED) is 0.805. The minimum Gasteiger partial charge on any atom is -0.488 e. The van der Waals surface area contributed by atoms with Gasteiger partial charge in [0.1, 0.15) is 12.4 Å². The van der Waals surface area contributed by atoms with Crippen molar-refractivity contribution in [2.24, 2.45) is 11.8 Å². The van der Waals surface area contributed by atoms with E-state index in [4.69, 9.17) is 9.47 Å². The van der Waals surface area contributed by atoms with Crippen molar-refractivity contribution < 1.29 is 19.1 Å². The summed E-state index contributed by atoms with van der Waals surface area (Å²) < 4.78 is 10.9. The average Bonchev–Trinajstić information content (AvgIpc) is 3.23. The van der Waals surface area contributed by atoms with Crippen molar-refractivity contribution in [2.45, 2.75) is 6.61 Å². The standard InChI is InChI=1S/C20H19NO4/c22-19(21-10-15-13-25-20(23)17(15)11-21)16-8-4-5-9-18(16)24-12-14-6-2-1-3-7-14/h1-9,15,17H,10-13H2/t15-,17-/m1/s1. The van der Waals surface area contributed by atoms with Gasteiger partial charge in [0.15, 0.2) is 0 Å². The van der Waals surface area contributed by atoms with Gasteiger partial charge in [-0.15, -0.1) is 0 Å². The van der Waals surface area contributed by atoms with Crippen molar-refractivity contribution in [3.8, 4) is 5.75 Å². The van der Waals surface area contributed by atoms with E-state index in [1.54, 1.807) is 17.0 Å². The van der Waals surface area contributed by atoms with Gasteiger partial charge in [0.25, 0.3) is 5.91 Å². The molecular formula is C20H19NO4. The summed E-state index contributed by atoms with van der Waals surface area (Å²) in [5, 5.41) is 0. The van der Waals surface area contributed by atoms with Gasteiger partial charge >= 0.3 is 5.97 Å². The van der Waals surface area contributed by atoms with Crippen LogP contribution in [0.4, 0.5) is 0 Å². The lowest BCUT2D eigenvalue weighted by Crippen LogP contribution is -2.31. The monoisotopic (exact) mass is 337 g/mol. The molecule has 0 saturated carbocycles. The van der Waals surface area contributed by atoms with E-state index < -0.39 is 0 Å². The number of benzene rings is 2. The number of fused-ring (bicyclic) bond motifs is 1. The van der Waals surface area contributed by atoms with Gasteiger partial charge < -0.3 is 14.4 Å². The van der Waals surface area contributed by atoms with Crippen LogP contribution in [-0.2, 0) is 16.1 Å². The largest absolute Gasteiger partial charge is 0.488 e. The molecule has 0 spiro atoms. The van der Waals surface area contributed by atoms with Crippen LogP contribution in [0.25, 0.3) is 0 Å². The molecule has 2 aliphatic rings. The van der Waals surface area contributed by atoms with Crippen LogP contribution >= 0.6 is 0 Å². The maximum Gasteiger partial charge on any atom is 0.311 e. The fraction of sp³-hybridized carbons (Fsp3) is 0.300. The first-order valence-corrected chi connectivity index (χ1v) is 8.44. The topological polar surface area (TPSA) is 55.8 Å². The lowest BCUT2D eigenvalue weighted by Gasteiger charge is -2.19. The molecule has 25 heavy (non-hydrogen) atoms. The number of nitrogens with zero attached hydrogens (tertiary/aromatic N) is 1. The minimum atomic E-state index is -0.186. The molecule has 2 fully saturated rings. The van der Waals surface area contributed by atoms with Crippen molar-refractivity contribution in [1.82, 2.24) is 4.90 Å². The van der Waals surface area contributed by atoms with Crippen LogP contribution in [0.3, 0.4) is 0 Å². The Kier molecular flexibility index (Phi) is 4.14. The predicted molar refractivity (Wildman–Crippen MR) is 91.1 cm³/mol. The number of rotatable bonds is 4. The summed E-state index contributed by atoms with van der Waals surface area (Å²) in [5.74, 6) is 0.228. The van der Waals surface area contributed by atoms with E-state index in [0.29, 0.717) is 37.6 Å². The first kappa shape index (κ1) is 15.7. The molecule has 128 valence electrons. The zero-order chi connectivity index (χ0) is 17.2. The van der Waals surface area contributed by atoms with Crippen molar-refractivity contribution in [2.75, 3.05) is 19.7 Å². The second-order valence-electron chi connectivity index (χ2n) is 6.48. The first-order valence-electron chi connectivity index (χ1n) is 8.44. The van der Waals surface area contributed by atoms with E-state index in [1.165, 1.54) is 0 Å². The number of carbonyl (C=O) groups is 2. The van der Waals surface area contributed by atoms with Crippen LogP contribution in [0.15, 0.2) is 54.6 Å². The molecule has 1 amide bonds. The van der Waals surface area contributed by atoms with Gasteiger partial charge in [-0.1, -0.05) is 42.5 Å².